The van der Waals surface area contributed by atoms with Gasteiger partial charge in [0, 0.05) is 12.1 Å². The van der Waals surface area contributed by atoms with E-state index in [4.69, 9.17) is 9.47 Å². The molecule has 0 aliphatic carbocycles. The van der Waals surface area contributed by atoms with Gasteiger partial charge >= 0.3 is 0 Å². The molecule has 0 bridgehead atoms. The molecule has 1 saturated heterocycles. The van der Waals surface area contributed by atoms with E-state index in [9.17, 15) is 14.7 Å². The number of carbonyl (C=O) groups excluding carboxylic acids is 2. The van der Waals surface area contributed by atoms with Gasteiger partial charge in [-0.05, 0) is 43.5 Å². The Labute approximate surface area is 205 Å². The molecule has 1 aliphatic rings. The summed E-state index contributed by atoms with van der Waals surface area (Å²) in [5, 5.41) is 11.2. The number of hydrogen-bond donors (Lipinski definition) is 1. The number of likely N-dealkylation sites (tertiary alicyclic amines) is 1. The van der Waals surface area contributed by atoms with Gasteiger partial charge in [0.1, 0.15) is 5.76 Å². The maximum Gasteiger partial charge on any atom is 0.295 e. The third kappa shape index (κ3) is 4.78. The van der Waals surface area contributed by atoms with Crippen molar-refractivity contribution in [3.05, 3.63) is 100 Å². The summed E-state index contributed by atoms with van der Waals surface area (Å²) in [4.78, 5) is 27.9. The number of hydrogen-bond acceptors (Lipinski definition) is 5. The first-order valence-electron chi connectivity index (χ1n) is 11.5. The Bertz CT molecular complexity index is 1280. The lowest BCUT2D eigenvalue weighted by Crippen LogP contribution is -2.31. The van der Waals surface area contributed by atoms with Crippen LogP contribution >= 0.6 is 0 Å². The van der Waals surface area contributed by atoms with E-state index < -0.39 is 17.7 Å². The molecule has 0 aromatic heterocycles. The Kier molecular flexibility index (Phi) is 6.92. The van der Waals surface area contributed by atoms with Crippen LogP contribution in [0.15, 0.2) is 72.3 Å². The van der Waals surface area contributed by atoms with E-state index in [0.717, 1.165) is 22.3 Å². The lowest BCUT2D eigenvalue weighted by Gasteiger charge is -2.25. The van der Waals surface area contributed by atoms with Crippen LogP contribution in [0.4, 0.5) is 0 Å². The van der Waals surface area contributed by atoms with Crippen LogP contribution in [0.5, 0.6) is 11.5 Å². The van der Waals surface area contributed by atoms with Crippen LogP contribution in [-0.2, 0) is 16.0 Å². The van der Waals surface area contributed by atoms with Crippen LogP contribution in [-0.4, -0.2) is 42.5 Å². The minimum atomic E-state index is -0.683. The van der Waals surface area contributed by atoms with Crippen molar-refractivity contribution in [2.45, 2.75) is 26.3 Å². The van der Waals surface area contributed by atoms with Gasteiger partial charge in [0.15, 0.2) is 11.5 Å². The highest BCUT2D eigenvalue weighted by Crippen LogP contribution is 2.39. The molecule has 3 aromatic rings. The average Bonchev–Trinajstić information content (AvgIpc) is 3.12. The molecular weight excluding hydrogens is 442 g/mol. The van der Waals surface area contributed by atoms with Crippen molar-refractivity contribution in [1.29, 1.82) is 0 Å². The number of ether oxygens (including phenoxy) is 2. The summed E-state index contributed by atoms with van der Waals surface area (Å²) in [5.74, 6) is -0.246. The Morgan fingerprint density at radius 2 is 1.46 bits per heavy atom. The van der Waals surface area contributed by atoms with Gasteiger partial charge in [0.05, 0.1) is 25.8 Å². The predicted octanol–water partition coefficient (Wildman–Crippen LogP) is 4.99. The minimum Gasteiger partial charge on any atom is -0.507 e. The van der Waals surface area contributed by atoms with Crippen LogP contribution in [0.1, 0.15) is 33.9 Å². The van der Waals surface area contributed by atoms with Crippen molar-refractivity contribution < 1.29 is 24.2 Å². The zero-order valence-corrected chi connectivity index (χ0v) is 20.4. The number of Topliss-reactive ketones (excluding diaryl/α,β-unsaturated/α-hetero) is 1. The van der Waals surface area contributed by atoms with E-state index in [1.807, 2.05) is 68.4 Å². The van der Waals surface area contributed by atoms with Crippen molar-refractivity contribution in [3.63, 3.8) is 0 Å². The normalized spacial score (nSPS) is 17.0. The number of aliphatic hydroxyl groups excluding tert-OH is 1. The number of carbonyl (C=O) groups is 2. The van der Waals surface area contributed by atoms with Crippen molar-refractivity contribution in [2.75, 3.05) is 20.8 Å². The zero-order chi connectivity index (χ0) is 25.1. The molecule has 4 rings (SSSR count). The lowest BCUT2D eigenvalue weighted by atomic mass is 9.94. The van der Waals surface area contributed by atoms with Gasteiger partial charge in [-0.1, -0.05) is 65.7 Å². The molecule has 1 fully saturated rings. The van der Waals surface area contributed by atoms with E-state index in [0.29, 0.717) is 30.0 Å². The van der Waals surface area contributed by atoms with E-state index in [1.54, 1.807) is 31.3 Å². The molecule has 1 N–H and O–H groups in total. The van der Waals surface area contributed by atoms with Crippen molar-refractivity contribution in [2.24, 2.45) is 0 Å². The van der Waals surface area contributed by atoms with Gasteiger partial charge in [-0.2, -0.15) is 0 Å². The molecule has 1 amide bonds. The molecular formula is C29H29NO5. The lowest BCUT2D eigenvalue weighted by molar-refractivity contribution is -0.139. The summed E-state index contributed by atoms with van der Waals surface area (Å²) in [6.45, 7) is 4.22. The molecule has 0 spiro atoms. The summed E-state index contributed by atoms with van der Waals surface area (Å²) < 4.78 is 10.7. The molecule has 0 saturated carbocycles. The van der Waals surface area contributed by atoms with Crippen molar-refractivity contribution in [3.8, 4) is 11.5 Å². The van der Waals surface area contributed by atoms with Crippen LogP contribution in [0.25, 0.3) is 5.76 Å². The SMILES string of the molecule is COc1ccc(CCN2C(=O)C(=O)C(=C(O)c3ccc(C)cc3)C2c2ccc(C)cc2)cc1OC. The minimum absolute atomic E-state index is 0.106. The van der Waals surface area contributed by atoms with Gasteiger partial charge < -0.3 is 19.5 Å². The summed E-state index contributed by atoms with van der Waals surface area (Å²) in [7, 11) is 3.15. The number of amides is 1. The summed E-state index contributed by atoms with van der Waals surface area (Å²) in [6, 6.07) is 19.8. The van der Waals surface area contributed by atoms with E-state index in [2.05, 4.69) is 0 Å². The Morgan fingerprint density at radius 1 is 0.857 bits per heavy atom. The van der Waals surface area contributed by atoms with Crippen LogP contribution in [0.2, 0.25) is 0 Å². The highest BCUT2D eigenvalue weighted by atomic mass is 16.5. The smallest absolute Gasteiger partial charge is 0.295 e. The summed E-state index contributed by atoms with van der Waals surface area (Å²) in [5.41, 5.74) is 4.42. The molecule has 6 nitrogen and oxygen atoms in total. The Balaban J connectivity index is 1.73. The first-order chi connectivity index (χ1) is 16.8. The molecule has 1 atom stereocenters. The molecule has 1 aliphatic heterocycles. The third-order valence-corrected chi connectivity index (χ3v) is 6.35. The number of aliphatic hydroxyl groups is 1. The van der Waals surface area contributed by atoms with Crippen LogP contribution in [0.3, 0.4) is 0 Å². The first kappa shape index (κ1) is 24.1. The van der Waals surface area contributed by atoms with E-state index in [-0.39, 0.29) is 11.3 Å². The fraction of sp³-hybridized carbons (Fsp3) is 0.241. The second-order valence-corrected chi connectivity index (χ2v) is 8.71. The Hall–Kier alpha value is -4.06. The third-order valence-electron chi connectivity index (χ3n) is 6.35. The standard InChI is InChI=1S/C29H29NO5/c1-18-5-10-21(11-6-18)26-25(27(31)22-12-7-19(2)8-13-22)28(32)29(33)30(26)16-15-20-9-14-23(34-3)24(17-20)35-4/h5-14,17,26,31H,15-16H2,1-4H3. The number of methoxy groups -OCH3 is 2. The second-order valence-electron chi connectivity index (χ2n) is 8.71. The Morgan fingerprint density at radius 3 is 2.06 bits per heavy atom. The number of aryl methyl sites for hydroxylation is 2. The molecule has 3 aromatic carbocycles. The maximum absolute atomic E-state index is 13.2. The number of rotatable bonds is 7. The van der Waals surface area contributed by atoms with Gasteiger partial charge in [-0.3, -0.25) is 9.59 Å². The summed E-state index contributed by atoms with van der Waals surface area (Å²) >= 11 is 0. The van der Waals surface area contributed by atoms with Crippen LogP contribution < -0.4 is 9.47 Å². The molecule has 0 radical (unpaired) electrons. The number of benzene rings is 3. The maximum atomic E-state index is 13.2. The average molecular weight is 472 g/mol. The fourth-order valence-electron chi connectivity index (χ4n) is 4.36. The number of nitrogens with zero attached hydrogens (tertiary/aromatic N) is 1. The van der Waals surface area contributed by atoms with Gasteiger partial charge in [-0.15, -0.1) is 0 Å². The highest BCUT2D eigenvalue weighted by molar-refractivity contribution is 6.46. The van der Waals surface area contributed by atoms with Gasteiger partial charge in [0.2, 0.25) is 0 Å². The molecule has 1 heterocycles. The first-order valence-corrected chi connectivity index (χ1v) is 11.5. The molecule has 35 heavy (non-hydrogen) atoms. The molecule has 1 unspecified atom stereocenters. The predicted molar refractivity (Wildman–Crippen MR) is 135 cm³/mol. The topological polar surface area (TPSA) is 76.1 Å². The van der Waals surface area contributed by atoms with E-state index >= 15 is 0 Å². The number of ketones is 1. The summed E-state index contributed by atoms with van der Waals surface area (Å²) in [6.07, 6.45) is 0.500. The van der Waals surface area contributed by atoms with E-state index in [1.165, 1.54) is 0 Å². The monoisotopic (exact) mass is 471 g/mol. The largest absolute Gasteiger partial charge is 0.507 e. The highest BCUT2D eigenvalue weighted by Gasteiger charge is 2.45. The quantitative estimate of drug-likeness (QED) is 0.299. The van der Waals surface area contributed by atoms with Gasteiger partial charge in [0.25, 0.3) is 11.7 Å². The van der Waals surface area contributed by atoms with Crippen molar-refractivity contribution in [1.82, 2.24) is 4.90 Å². The fourth-order valence-corrected chi connectivity index (χ4v) is 4.36. The second kappa shape index (κ2) is 10.1. The van der Waals surface area contributed by atoms with Crippen molar-refractivity contribution >= 4 is 17.4 Å². The zero-order valence-electron chi connectivity index (χ0n) is 20.4. The molecule has 6 heteroatoms. The van der Waals surface area contributed by atoms with Crippen LogP contribution in [0, 0.1) is 13.8 Å². The van der Waals surface area contributed by atoms with Gasteiger partial charge in [-0.25, -0.2) is 0 Å². The molecule has 180 valence electrons.